The summed E-state index contributed by atoms with van der Waals surface area (Å²) in [5.74, 6) is -1.20. The van der Waals surface area contributed by atoms with Gasteiger partial charge in [-0.05, 0) is 12.1 Å². The van der Waals surface area contributed by atoms with Crippen molar-refractivity contribution < 1.29 is 17.9 Å². The van der Waals surface area contributed by atoms with E-state index >= 15 is 0 Å². The molecule has 13 heavy (non-hydrogen) atoms. The summed E-state index contributed by atoms with van der Waals surface area (Å²) in [7, 11) is 1.15. The van der Waals surface area contributed by atoms with E-state index in [9.17, 15) is 13.2 Å². The Hall–Kier alpha value is -0.710. The Labute approximate surface area is 81.6 Å². The van der Waals surface area contributed by atoms with Crippen molar-refractivity contribution in [3.05, 3.63) is 28.0 Å². The van der Waals surface area contributed by atoms with Crippen LogP contribution in [0.25, 0.3) is 0 Å². The van der Waals surface area contributed by atoms with Crippen molar-refractivity contribution in [1.29, 1.82) is 0 Å². The SMILES string of the molecule is COc1c(F)ccc(Br)c1C(F)F. The third kappa shape index (κ3) is 1.96. The van der Waals surface area contributed by atoms with Gasteiger partial charge in [-0.1, -0.05) is 15.9 Å². The first-order valence-electron chi connectivity index (χ1n) is 3.38. The van der Waals surface area contributed by atoms with Gasteiger partial charge in [0, 0.05) is 4.47 Å². The predicted octanol–water partition coefficient (Wildman–Crippen LogP) is 3.53. The van der Waals surface area contributed by atoms with Crippen LogP contribution in [0.1, 0.15) is 12.0 Å². The van der Waals surface area contributed by atoms with Crippen LogP contribution in [-0.4, -0.2) is 7.11 Å². The largest absolute Gasteiger partial charge is 0.493 e. The van der Waals surface area contributed by atoms with Crippen LogP contribution in [0.5, 0.6) is 5.75 Å². The summed E-state index contributed by atoms with van der Waals surface area (Å²) in [5.41, 5.74) is -0.456. The van der Waals surface area contributed by atoms with Gasteiger partial charge < -0.3 is 4.74 Å². The summed E-state index contributed by atoms with van der Waals surface area (Å²) < 4.78 is 42.3. The molecule has 0 heterocycles. The molecule has 0 atom stereocenters. The molecule has 72 valence electrons. The van der Waals surface area contributed by atoms with Crippen molar-refractivity contribution in [2.75, 3.05) is 7.11 Å². The van der Waals surface area contributed by atoms with Crippen LogP contribution in [0.15, 0.2) is 16.6 Å². The zero-order chi connectivity index (χ0) is 10.0. The molecule has 1 aromatic carbocycles. The Morgan fingerprint density at radius 3 is 2.38 bits per heavy atom. The van der Waals surface area contributed by atoms with Crippen LogP contribution in [0, 0.1) is 5.82 Å². The van der Waals surface area contributed by atoms with Crippen LogP contribution in [-0.2, 0) is 0 Å². The van der Waals surface area contributed by atoms with Crippen LogP contribution in [0.3, 0.4) is 0 Å². The van der Waals surface area contributed by atoms with Crippen LogP contribution in [0.2, 0.25) is 0 Å². The van der Waals surface area contributed by atoms with Gasteiger partial charge >= 0.3 is 0 Å². The first-order valence-corrected chi connectivity index (χ1v) is 4.17. The first-order chi connectivity index (χ1) is 6.07. The monoisotopic (exact) mass is 254 g/mol. The van der Waals surface area contributed by atoms with Gasteiger partial charge in [-0.15, -0.1) is 0 Å². The van der Waals surface area contributed by atoms with E-state index in [2.05, 4.69) is 20.7 Å². The predicted molar refractivity (Wildman–Crippen MR) is 45.6 cm³/mol. The van der Waals surface area contributed by atoms with Crippen molar-refractivity contribution in [1.82, 2.24) is 0 Å². The molecule has 0 amide bonds. The van der Waals surface area contributed by atoms with Gasteiger partial charge in [0.15, 0.2) is 11.6 Å². The Morgan fingerprint density at radius 1 is 1.38 bits per heavy atom. The van der Waals surface area contributed by atoms with E-state index in [-0.39, 0.29) is 4.47 Å². The van der Waals surface area contributed by atoms with E-state index in [1.165, 1.54) is 6.07 Å². The lowest BCUT2D eigenvalue weighted by molar-refractivity contribution is 0.145. The fraction of sp³-hybridized carbons (Fsp3) is 0.250. The molecule has 0 N–H and O–H groups in total. The highest BCUT2D eigenvalue weighted by Gasteiger charge is 2.20. The fourth-order valence-corrected chi connectivity index (χ4v) is 1.44. The zero-order valence-electron chi connectivity index (χ0n) is 6.65. The van der Waals surface area contributed by atoms with Gasteiger partial charge in [-0.3, -0.25) is 0 Å². The minimum absolute atomic E-state index is 0.140. The fourth-order valence-electron chi connectivity index (χ4n) is 0.960. The average molecular weight is 255 g/mol. The number of rotatable bonds is 2. The van der Waals surface area contributed by atoms with Crippen molar-refractivity contribution in [2.24, 2.45) is 0 Å². The Bertz CT molecular complexity index is 315. The molecular weight excluding hydrogens is 249 g/mol. The topological polar surface area (TPSA) is 9.23 Å². The summed E-state index contributed by atoms with van der Waals surface area (Å²) in [4.78, 5) is 0. The highest BCUT2D eigenvalue weighted by atomic mass is 79.9. The molecule has 0 aromatic heterocycles. The molecule has 1 nitrogen and oxygen atoms in total. The summed E-state index contributed by atoms with van der Waals surface area (Å²) in [5, 5.41) is 0. The molecule has 0 aliphatic rings. The summed E-state index contributed by atoms with van der Waals surface area (Å²) in [6.45, 7) is 0. The van der Waals surface area contributed by atoms with Gasteiger partial charge in [0.2, 0.25) is 0 Å². The van der Waals surface area contributed by atoms with Gasteiger partial charge in [-0.2, -0.15) is 0 Å². The van der Waals surface area contributed by atoms with Gasteiger partial charge in [-0.25, -0.2) is 13.2 Å². The number of hydrogen-bond donors (Lipinski definition) is 0. The summed E-state index contributed by atoms with van der Waals surface area (Å²) in [6.07, 6.45) is -2.76. The van der Waals surface area contributed by atoms with Crippen molar-refractivity contribution in [3.63, 3.8) is 0 Å². The maximum absolute atomic E-state index is 12.9. The number of benzene rings is 1. The Morgan fingerprint density at radius 2 is 2.00 bits per heavy atom. The van der Waals surface area contributed by atoms with Gasteiger partial charge in [0.1, 0.15) is 0 Å². The normalized spacial score (nSPS) is 10.6. The van der Waals surface area contributed by atoms with Gasteiger partial charge in [0.25, 0.3) is 6.43 Å². The first kappa shape index (κ1) is 10.4. The smallest absolute Gasteiger partial charge is 0.268 e. The Balaban J connectivity index is 3.35. The van der Waals surface area contributed by atoms with E-state index in [1.807, 2.05) is 0 Å². The second-order valence-electron chi connectivity index (χ2n) is 2.28. The molecular formula is C8H6BrF3O. The lowest BCUT2D eigenvalue weighted by atomic mass is 10.2. The van der Waals surface area contributed by atoms with E-state index in [0.717, 1.165) is 13.2 Å². The van der Waals surface area contributed by atoms with Crippen LogP contribution >= 0.6 is 15.9 Å². The molecule has 0 radical (unpaired) electrons. The van der Waals surface area contributed by atoms with E-state index in [4.69, 9.17) is 0 Å². The van der Waals surface area contributed by atoms with Crippen LogP contribution in [0.4, 0.5) is 13.2 Å². The molecule has 0 saturated carbocycles. The molecule has 1 rings (SSSR count). The number of hydrogen-bond acceptors (Lipinski definition) is 1. The highest BCUT2D eigenvalue weighted by molar-refractivity contribution is 9.10. The van der Waals surface area contributed by atoms with E-state index < -0.39 is 23.6 Å². The maximum atomic E-state index is 12.9. The summed E-state index contributed by atoms with van der Waals surface area (Å²) in [6, 6.07) is 2.29. The van der Waals surface area contributed by atoms with E-state index in [0.29, 0.717) is 0 Å². The molecule has 1 aromatic rings. The van der Waals surface area contributed by atoms with E-state index in [1.54, 1.807) is 0 Å². The number of halogens is 4. The average Bonchev–Trinajstić information content (AvgIpc) is 2.07. The standard InChI is InChI=1S/C8H6BrF3O/c1-13-7-5(10)3-2-4(9)6(7)8(11)12/h2-3,8H,1H3. The third-order valence-electron chi connectivity index (χ3n) is 1.52. The number of alkyl halides is 2. The van der Waals surface area contributed by atoms with Crippen molar-refractivity contribution in [2.45, 2.75) is 6.43 Å². The third-order valence-corrected chi connectivity index (χ3v) is 2.21. The number of methoxy groups -OCH3 is 1. The minimum atomic E-state index is -2.76. The highest BCUT2D eigenvalue weighted by Crippen LogP contribution is 2.36. The maximum Gasteiger partial charge on any atom is 0.268 e. The zero-order valence-corrected chi connectivity index (χ0v) is 8.24. The molecule has 0 spiro atoms. The molecule has 0 bridgehead atoms. The van der Waals surface area contributed by atoms with Crippen molar-refractivity contribution >= 4 is 15.9 Å². The minimum Gasteiger partial charge on any atom is -0.493 e. The second kappa shape index (κ2) is 4.00. The molecule has 0 aliphatic heterocycles. The molecule has 5 heteroatoms. The second-order valence-corrected chi connectivity index (χ2v) is 3.13. The quantitative estimate of drug-likeness (QED) is 0.785. The van der Waals surface area contributed by atoms with Gasteiger partial charge in [0.05, 0.1) is 12.7 Å². The summed E-state index contributed by atoms with van der Waals surface area (Å²) >= 11 is 2.90. The molecule has 0 saturated heterocycles. The molecule has 0 fully saturated rings. The molecule has 0 aliphatic carbocycles. The van der Waals surface area contributed by atoms with Crippen LogP contribution < -0.4 is 4.74 Å². The lowest BCUT2D eigenvalue weighted by Gasteiger charge is -2.09. The van der Waals surface area contributed by atoms with Crippen molar-refractivity contribution in [3.8, 4) is 5.75 Å². The molecule has 0 unspecified atom stereocenters. The lowest BCUT2D eigenvalue weighted by Crippen LogP contribution is -1.96. The Kier molecular flexibility index (Phi) is 3.19. The number of ether oxygens (including phenoxy) is 1.